The van der Waals surface area contributed by atoms with Crippen molar-refractivity contribution < 1.29 is 9.84 Å². The van der Waals surface area contributed by atoms with Crippen LogP contribution in [-0.4, -0.2) is 12.2 Å². The highest BCUT2D eigenvalue weighted by Gasteiger charge is 2.13. The molecule has 0 aliphatic rings. The molecule has 1 heterocycles. The zero-order valence-corrected chi connectivity index (χ0v) is 12.4. The van der Waals surface area contributed by atoms with Gasteiger partial charge in [0.15, 0.2) is 0 Å². The molecule has 4 heteroatoms. The number of halogens is 1. The van der Waals surface area contributed by atoms with Gasteiger partial charge in [0.05, 0.1) is 11.4 Å². The van der Waals surface area contributed by atoms with Crippen LogP contribution in [0.3, 0.4) is 0 Å². The van der Waals surface area contributed by atoms with Gasteiger partial charge in [-0.1, -0.05) is 29.8 Å². The van der Waals surface area contributed by atoms with Crippen molar-refractivity contribution in [2.45, 2.75) is 6.10 Å². The number of aliphatic hydroxyl groups is 1. The highest BCUT2D eigenvalue weighted by Crippen LogP contribution is 2.32. The van der Waals surface area contributed by atoms with Crippen molar-refractivity contribution in [3.63, 3.8) is 0 Å². The smallest absolute Gasteiger partial charge is 0.119 e. The first-order valence-corrected chi connectivity index (χ1v) is 7.38. The third-order valence-corrected chi connectivity index (χ3v) is 4.53. The first-order chi connectivity index (χ1) is 9.67. The van der Waals surface area contributed by atoms with Gasteiger partial charge in [-0.25, -0.2) is 0 Å². The van der Waals surface area contributed by atoms with Gasteiger partial charge < -0.3 is 9.84 Å². The van der Waals surface area contributed by atoms with E-state index in [4.69, 9.17) is 16.3 Å². The van der Waals surface area contributed by atoms with E-state index < -0.39 is 6.10 Å². The van der Waals surface area contributed by atoms with Crippen LogP contribution >= 0.6 is 22.9 Å². The normalized spacial score (nSPS) is 12.6. The van der Waals surface area contributed by atoms with Gasteiger partial charge in [0, 0.05) is 4.88 Å². The maximum absolute atomic E-state index is 10.4. The minimum atomic E-state index is -0.640. The molecule has 20 heavy (non-hydrogen) atoms. The van der Waals surface area contributed by atoms with Gasteiger partial charge in [-0.15, -0.1) is 11.3 Å². The Kier molecular flexibility index (Phi) is 3.66. The van der Waals surface area contributed by atoms with E-state index in [1.807, 2.05) is 42.5 Å². The van der Waals surface area contributed by atoms with E-state index in [2.05, 4.69) is 0 Å². The molecular weight excluding hydrogens is 292 g/mol. The Balaban J connectivity index is 2.00. The highest BCUT2D eigenvalue weighted by atomic mass is 35.5. The number of methoxy groups -OCH3 is 1. The standard InChI is InChI=1S/C16H13ClO2S/c1-19-13-5-4-10-8-12(3-2-11(10)9-13)16(18)14-6-7-15(17)20-14/h2-9,16,18H,1H3. The maximum Gasteiger partial charge on any atom is 0.119 e. The molecule has 1 unspecified atom stereocenters. The number of hydrogen-bond donors (Lipinski definition) is 1. The van der Waals surface area contributed by atoms with Gasteiger partial charge in [-0.3, -0.25) is 0 Å². The molecule has 1 atom stereocenters. The predicted molar refractivity (Wildman–Crippen MR) is 83.9 cm³/mol. The molecule has 0 amide bonds. The molecule has 0 aliphatic carbocycles. The first kappa shape index (κ1) is 13.4. The van der Waals surface area contributed by atoms with E-state index >= 15 is 0 Å². The lowest BCUT2D eigenvalue weighted by Crippen LogP contribution is -1.96. The molecule has 0 radical (unpaired) electrons. The van der Waals surface area contributed by atoms with Crippen LogP contribution in [-0.2, 0) is 0 Å². The van der Waals surface area contributed by atoms with Crippen molar-refractivity contribution >= 4 is 33.7 Å². The zero-order chi connectivity index (χ0) is 14.1. The van der Waals surface area contributed by atoms with E-state index in [0.29, 0.717) is 4.34 Å². The Morgan fingerprint density at radius 3 is 2.50 bits per heavy atom. The van der Waals surface area contributed by atoms with E-state index in [0.717, 1.165) is 27.0 Å². The van der Waals surface area contributed by atoms with Crippen LogP contribution in [0.2, 0.25) is 4.34 Å². The Morgan fingerprint density at radius 1 is 1.05 bits per heavy atom. The van der Waals surface area contributed by atoms with Gasteiger partial charge >= 0.3 is 0 Å². The first-order valence-electron chi connectivity index (χ1n) is 6.18. The summed E-state index contributed by atoms with van der Waals surface area (Å²) in [6.07, 6.45) is -0.640. The van der Waals surface area contributed by atoms with Crippen molar-refractivity contribution in [3.05, 3.63) is 63.3 Å². The fourth-order valence-electron chi connectivity index (χ4n) is 2.18. The van der Waals surface area contributed by atoms with Crippen molar-refractivity contribution in [3.8, 4) is 5.75 Å². The second-order valence-electron chi connectivity index (χ2n) is 4.52. The number of rotatable bonds is 3. The van der Waals surface area contributed by atoms with Gasteiger partial charge in [0.2, 0.25) is 0 Å². The van der Waals surface area contributed by atoms with Crippen LogP contribution in [0, 0.1) is 0 Å². The molecule has 0 fully saturated rings. The lowest BCUT2D eigenvalue weighted by molar-refractivity contribution is 0.224. The fraction of sp³-hybridized carbons (Fsp3) is 0.125. The Hall–Kier alpha value is -1.55. The van der Waals surface area contributed by atoms with E-state index in [1.165, 1.54) is 11.3 Å². The largest absolute Gasteiger partial charge is 0.497 e. The summed E-state index contributed by atoms with van der Waals surface area (Å²) < 4.78 is 5.89. The van der Waals surface area contributed by atoms with Crippen molar-refractivity contribution in [2.75, 3.05) is 7.11 Å². The third-order valence-electron chi connectivity index (χ3n) is 3.25. The van der Waals surface area contributed by atoms with Crippen LogP contribution in [0.25, 0.3) is 10.8 Å². The topological polar surface area (TPSA) is 29.5 Å². The third kappa shape index (κ3) is 2.52. The summed E-state index contributed by atoms with van der Waals surface area (Å²) >= 11 is 7.31. The summed E-state index contributed by atoms with van der Waals surface area (Å²) in [7, 11) is 1.65. The molecule has 3 aromatic rings. The molecule has 0 aliphatic heterocycles. The molecule has 0 saturated heterocycles. The average molecular weight is 305 g/mol. The van der Waals surface area contributed by atoms with Crippen LogP contribution < -0.4 is 4.74 Å². The number of benzene rings is 2. The summed E-state index contributed by atoms with van der Waals surface area (Å²) in [5, 5.41) is 12.6. The number of thiophene rings is 1. The van der Waals surface area contributed by atoms with Crippen LogP contribution in [0.4, 0.5) is 0 Å². The van der Waals surface area contributed by atoms with E-state index in [9.17, 15) is 5.11 Å². The lowest BCUT2D eigenvalue weighted by Gasteiger charge is -2.10. The quantitative estimate of drug-likeness (QED) is 0.763. The summed E-state index contributed by atoms with van der Waals surface area (Å²) in [4.78, 5) is 0.850. The van der Waals surface area contributed by atoms with Gasteiger partial charge in [-0.05, 0) is 46.7 Å². The number of aliphatic hydroxyl groups excluding tert-OH is 1. The molecule has 0 bridgehead atoms. The Labute approximate surface area is 126 Å². The predicted octanol–water partition coefficient (Wildman–Crippen LogP) is 4.65. The summed E-state index contributed by atoms with van der Waals surface area (Å²) in [5.41, 5.74) is 0.862. The Bertz CT molecular complexity index is 751. The van der Waals surface area contributed by atoms with Crippen LogP contribution in [0.15, 0.2) is 48.5 Å². The monoisotopic (exact) mass is 304 g/mol. The van der Waals surface area contributed by atoms with Gasteiger partial charge in [0.25, 0.3) is 0 Å². The minimum Gasteiger partial charge on any atom is -0.497 e. The summed E-state index contributed by atoms with van der Waals surface area (Å²) in [6, 6.07) is 15.5. The maximum atomic E-state index is 10.4. The molecule has 1 aromatic heterocycles. The van der Waals surface area contributed by atoms with Crippen molar-refractivity contribution in [1.82, 2.24) is 0 Å². The molecule has 0 spiro atoms. The van der Waals surface area contributed by atoms with Gasteiger partial charge in [0.1, 0.15) is 11.9 Å². The Morgan fingerprint density at radius 2 is 1.80 bits per heavy atom. The number of hydrogen-bond acceptors (Lipinski definition) is 3. The fourth-order valence-corrected chi connectivity index (χ4v) is 3.25. The van der Waals surface area contributed by atoms with E-state index in [1.54, 1.807) is 13.2 Å². The minimum absolute atomic E-state index is 0.640. The highest BCUT2D eigenvalue weighted by molar-refractivity contribution is 7.16. The lowest BCUT2D eigenvalue weighted by atomic mass is 10.0. The second-order valence-corrected chi connectivity index (χ2v) is 6.26. The van der Waals surface area contributed by atoms with Gasteiger partial charge in [-0.2, -0.15) is 0 Å². The zero-order valence-electron chi connectivity index (χ0n) is 10.8. The number of ether oxygens (including phenoxy) is 1. The van der Waals surface area contributed by atoms with Crippen LogP contribution in [0.1, 0.15) is 16.5 Å². The molecule has 1 N–H and O–H groups in total. The summed E-state index contributed by atoms with van der Waals surface area (Å²) in [5.74, 6) is 0.829. The molecule has 3 rings (SSSR count). The SMILES string of the molecule is COc1ccc2cc(C(O)c3ccc(Cl)s3)ccc2c1. The van der Waals surface area contributed by atoms with Crippen molar-refractivity contribution in [1.29, 1.82) is 0 Å². The molecule has 2 aromatic carbocycles. The number of fused-ring (bicyclic) bond motifs is 1. The van der Waals surface area contributed by atoms with E-state index in [-0.39, 0.29) is 0 Å². The molecule has 2 nitrogen and oxygen atoms in total. The van der Waals surface area contributed by atoms with Crippen molar-refractivity contribution in [2.24, 2.45) is 0 Å². The average Bonchev–Trinajstić information content (AvgIpc) is 2.92. The molecule has 0 saturated carbocycles. The summed E-state index contributed by atoms with van der Waals surface area (Å²) in [6.45, 7) is 0. The second kappa shape index (κ2) is 5.44. The molecular formula is C16H13ClO2S. The molecule has 102 valence electrons. The van der Waals surface area contributed by atoms with Crippen LogP contribution in [0.5, 0.6) is 5.75 Å².